The Hall–Kier alpha value is -0.830. The van der Waals surface area contributed by atoms with Crippen LogP contribution in [-0.2, 0) is 9.47 Å². The molecule has 0 amide bonds. The van der Waals surface area contributed by atoms with E-state index in [1.165, 1.54) is 44.9 Å². The van der Waals surface area contributed by atoms with E-state index < -0.39 is 0 Å². The van der Waals surface area contributed by atoms with Gasteiger partial charge in [-0.1, -0.05) is 62.8 Å². The molecule has 4 atom stereocenters. The molecule has 20 heavy (non-hydrogen) atoms. The van der Waals surface area contributed by atoms with Crippen LogP contribution in [0.15, 0.2) is 23.8 Å². The zero-order valence-electron chi connectivity index (χ0n) is 12.2. The summed E-state index contributed by atoms with van der Waals surface area (Å²) in [5, 5.41) is 0.341. The summed E-state index contributed by atoms with van der Waals surface area (Å²) in [6.07, 6.45) is 16.5. The van der Waals surface area contributed by atoms with Crippen LogP contribution in [0.2, 0.25) is 0 Å². The summed E-state index contributed by atoms with van der Waals surface area (Å²) in [6.45, 7) is 2.26. The van der Waals surface area contributed by atoms with Crippen LogP contribution in [0.3, 0.4) is 0 Å². The van der Waals surface area contributed by atoms with E-state index in [2.05, 4.69) is 25.2 Å². The molecule has 1 fully saturated rings. The van der Waals surface area contributed by atoms with E-state index in [-0.39, 0.29) is 12.2 Å². The van der Waals surface area contributed by atoms with Crippen LogP contribution < -0.4 is 0 Å². The number of hydrogen-bond donors (Lipinski definition) is 0. The molecule has 1 saturated heterocycles. The first-order chi connectivity index (χ1) is 9.79. The van der Waals surface area contributed by atoms with Crippen molar-refractivity contribution in [3.8, 4) is 0 Å². The largest absolute Gasteiger partial charge is 0.449 e. The van der Waals surface area contributed by atoms with Crippen molar-refractivity contribution in [1.29, 1.82) is 0 Å². The lowest BCUT2D eigenvalue weighted by Gasteiger charge is -2.37. The van der Waals surface area contributed by atoms with Gasteiger partial charge in [-0.25, -0.2) is 0 Å². The Bertz CT molecular complexity index is 427. The van der Waals surface area contributed by atoms with E-state index in [9.17, 15) is 0 Å². The van der Waals surface area contributed by atoms with Crippen LogP contribution in [0.1, 0.15) is 51.9 Å². The standard InChI is InChI=1S/C17H24O2S/c1-2-3-4-5-6-7-8-12-11-13-9-10-14(12)16-15(13)18-17(20)19-16/h9-11,13-16H,2-8H2,1H3/t13-,14+,15+,16-/m0/s1. The molecule has 0 spiro atoms. The summed E-state index contributed by atoms with van der Waals surface area (Å²) >= 11 is 5.06. The van der Waals surface area contributed by atoms with Gasteiger partial charge in [-0.3, -0.25) is 0 Å². The number of rotatable bonds is 7. The van der Waals surface area contributed by atoms with Crippen LogP contribution in [0.5, 0.6) is 0 Å². The molecular weight excluding hydrogens is 268 g/mol. The lowest BCUT2D eigenvalue weighted by Crippen LogP contribution is -2.42. The Morgan fingerprint density at radius 1 is 1.00 bits per heavy atom. The highest BCUT2D eigenvalue weighted by Gasteiger charge is 2.48. The minimum atomic E-state index is 0.130. The Kier molecular flexibility index (Phi) is 4.45. The number of thiocarbonyl (C=S) groups is 1. The van der Waals surface area contributed by atoms with Gasteiger partial charge in [0.1, 0.15) is 0 Å². The molecule has 2 nitrogen and oxygen atoms in total. The van der Waals surface area contributed by atoms with Crippen LogP contribution in [-0.4, -0.2) is 17.4 Å². The van der Waals surface area contributed by atoms with Gasteiger partial charge in [0.2, 0.25) is 0 Å². The van der Waals surface area contributed by atoms with E-state index in [1.54, 1.807) is 5.57 Å². The first kappa shape index (κ1) is 14.1. The van der Waals surface area contributed by atoms with Crippen molar-refractivity contribution in [2.45, 2.75) is 64.1 Å². The van der Waals surface area contributed by atoms with Crippen LogP contribution in [0.4, 0.5) is 0 Å². The molecule has 3 aliphatic carbocycles. The molecule has 0 unspecified atom stereocenters. The number of hydrogen-bond acceptors (Lipinski definition) is 3. The smallest absolute Gasteiger partial charge is 0.353 e. The molecule has 2 bridgehead atoms. The van der Waals surface area contributed by atoms with Crippen LogP contribution in [0, 0.1) is 11.8 Å². The zero-order valence-corrected chi connectivity index (χ0v) is 13.0. The van der Waals surface area contributed by atoms with Crippen molar-refractivity contribution in [2.24, 2.45) is 11.8 Å². The molecule has 4 rings (SSSR count). The van der Waals surface area contributed by atoms with E-state index in [1.807, 2.05) is 0 Å². The van der Waals surface area contributed by atoms with Gasteiger partial charge >= 0.3 is 5.24 Å². The molecule has 4 aliphatic rings. The Morgan fingerprint density at radius 2 is 1.75 bits per heavy atom. The summed E-state index contributed by atoms with van der Waals surface area (Å²) in [5.41, 5.74) is 1.54. The normalized spacial score (nSPS) is 33.6. The first-order valence-electron chi connectivity index (χ1n) is 8.06. The minimum Gasteiger partial charge on any atom is -0.449 e. The van der Waals surface area contributed by atoms with Gasteiger partial charge in [-0.2, -0.15) is 0 Å². The van der Waals surface area contributed by atoms with Crippen molar-refractivity contribution in [3.05, 3.63) is 23.8 Å². The summed E-state index contributed by atoms with van der Waals surface area (Å²) in [7, 11) is 0. The maximum absolute atomic E-state index is 5.71. The van der Waals surface area contributed by atoms with Crippen molar-refractivity contribution in [2.75, 3.05) is 0 Å². The van der Waals surface area contributed by atoms with E-state index in [0.717, 1.165) is 0 Å². The maximum atomic E-state index is 5.71. The van der Waals surface area contributed by atoms with Gasteiger partial charge in [0.05, 0.1) is 0 Å². The SMILES string of the molecule is CCCCCCCCC1=C[C@@H]2C=C[C@H]1[C@@H]1OC(=S)O[C@H]21. The Labute approximate surface area is 127 Å². The summed E-state index contributed by atoms with van der Waals surface area (Å²) in [4.78, 5) is 0. The maximum Gasteiger partial charge on any atom is 0.353 e. The molecule has 3 heteroatoms. The van der Waals surface area contributed by atoms with Gasteiger partial charge in [0.15, 0.2) is 12.2 Å². The molecule has 0 aromatic heterocycles. The Balaban J connectivity index is 1.49. The fraction of sp³-hybridized carbons (Fsp3) is 0.706. The second kappa shape index (κ2) is 6.30. The average molecular weight is 292 g/mol. The fourth-order valence-corrected chi connectivity index (χ4v) is 3.85. The summed E-state index contributed by atoms with van der Waals surface area (Å²) in [6, 6.07) is 0. The van der Waals surface area contributed by atoms with E-state index >= 15 is 0 Å². The van der Waals surface area contributed by atoms with Crippen molar-refractivity contribution < 1.29 is 9.47 Å². The van der Waals surface area contributed by atoms with E-state index in [4.69, 9.17) is 21.7 Å². The molecule has 110 valence electrons. The molecular formula is C17H24O2S. The predicted molar refractivity (Wildman–Crippen MR) is 84.5 cm³/mol. The quantitative estimate of drug-likeness (QED) is 0.390. The van der Waals surface area contributed by atoms with Gasteiger partial charge < -0.3 is 9.47 Å². The summed E-state index contributed by atoms with van der Waals surface area (Å²) in [5.74, 6) is 0.752. The topological polar surface area (TPSA) is 18.5 Å². The van der Waals surface area contributed by atoms with Crippen molar-refractivity contribution in [3.63, 3.8) is 0 Å². The minimum absolute atomic E-state index is 0.130. The molecule has 1 aliphatic heterocycles. The highest BCUT2D eigenvalue weighted by Crippen LogP contribution is 2.44. The van der Waals surface area contributed by atoms with Gasteiger partial charge in [0, 0.05) is 24.1 Å². The lowest BCUT2D eigenvalue weighted by atomic mass is 9.71. The average Bonchev–Trinajstić information content (AvgIpc) is 2.86. The monoisotopic (exact) mass is 292 g/mol. The predicted octanol–water partition coefficient (Wildman–Crippen LogP) is 4.55. The highest BCUT2D eigenvalue weighted by molar-refractivity contribution is 7.79. The number of unbranched alkanes of at least 4 members (excludes halogenated alkanes) is 5. The molecule has 0 saturated carbocycles. The molecule has 0 aromatic rings. The van der Waals surface area contributed by atoms with Gasteiger partial charge in [0.25, 0.3) is 0 Å². The van der Waals surface area contributed by atoms with E-state index in [0.29, 0.717) is 17.1 Å². The third kappa shape index (κ3) is 2.78. The fourth-order valence-electron chi connectivity index (χ4n) is 3.63. The first-order valence-corrected chi connectivity index (χ1v) is 8.46. The second-order valence-electron chi connectivity index (χ2n) is 6.16. The highest BCUT2D eigenvalue weighted by atomic mass is 32.1. The van der Waals surface area contributed by atoms with Gasteiger partial charge in [-0.15, -0.1) is 0 Å². The lowest BCUT2D eigenvalue weighted by molar-refractivity contribution is 0.0895. The molecule has 1 heterocycles. The summed E-state index contributed by atoms with van der Waals surface area (Å²) < 4.78 is 11.3. The third-order valence-electron chi connectivity index (χ3n) is 4.72. The molecule has 0 aromatic carbocycles. The molecule has 0 radical (unpaired) electrons. The second-order valence-corrected chi connectivity index (χ2v) is 6.50. The molecule has 0 N–H and O–H groups in total. The van der Waals surface area contributed by atoms with Crippen LogP contribution in [0.25, 0.3) is 0 Å². The van der Waals surface area contributed by atoms with Gasteiger partial charge in [-0.05, 0) is 12.8 Å². The third-order valence-corrected chi connectivity index (χ3v) is 4.91. The van der Waals surface area contributed by atoms with Crippen LogP contribution >= 0.6 is 12.2 Å². The zero-order chi connectivity index (χ0) is 13.9. The number of ether oxygens (including phenoxy) is 2. The van der Waals surface area contributed by atoms with Crippen molar-refractivity contribution >= 4 is 17.5 Å². The Morgan fingerprint density at radius 3 is 2.60 bits per heavy atom. The van der Waals surface area contributed by atoms with Crippen molar-refractivity contribution in [1.82, 2.24) is 0 Å².